The van der Waals surface area contributed by atoms with Crippen molar-refractivity contribution in [2.45, 2.75) is 0 Å². The van der Waals surface area contributed by atoms with E-state index >= 15 is 0 Å². The molecule has 0 spiro atoms. The smallest absolute Gasteiger partial charge is 1.00 e. The van der Waals surface area contributed by atoms with Gasteiger partial charge in [0, 0.05) is 0 Å². The summed E-state index contributed by atoms with van der Waals surface area (Å²) < 4.78 is 0. The molecule has 0 aromatic heterocycles. The second kappa shape index (κ2) is 8.28. The molecule has 0 aromatic rings. The molecule has 0 saturated carbocycles. The normalized spacial score (nSPS) is 10.0. The zero-order valence-corrected chi connectivity index (χ0v) is 8.08. The molecule has 12 heteroatoms. The minimum atomic E-state index is -4.61. The van der Waals surface area contributed by atoms with Gasteiger partial charge in [-0.05, 0) is 0 Å². The Morgan fingerprint density at radius 2 is 0.583 bits per heavy atom. The maximum absolute atomic E-state index is 7.33. The van der Waals surface area contributed by atoms with Crippen molar-refractivity contribution in [1.82, 2.24) is 0 Å². The fourth-order valence-corrected chi connectivity index (χ4v) is 0. The molecule has 0 aliphatic heterocycles. The van der Waals surface area contributed by atoms with Crippen molar-refractivity contribution >= 4 is 18.1 Å². The Morgan fingerprint density at radius 3 is 0.583 bits per heavy atom. The average Bonchev–Trinajstić information content (AvgIpc) is 1.12. The maximum Gasteiger partial charge on any atom is 1.00 e. The molecule has 9 nitrogen and oxygen atoms in total. The summed E-state index contributed by atoms with van der Waals surface area (Å²) in [4.78, 5) is 58.6. The van der Waals surface area contributed by atoms with E-state index in [2.05, 4.69) is 0 Å². The Morgan fingerprint density at radius 1 is 0.583 bits per heavy atom. The van der Waals surface area contributed by atoms with Gasteiger partial charge in [0.25, 0.3) is 0 Å². The van der Waals surface area contributed by atoms with Gasteiger partial charge in [-0.1, -0.05) is 0 Å². The Hall–Kier alpha value is 0.671. The van der Waals surface area contributed by atoms with Crippen molar-refractivity contribution in [3.63, 3.8) is 0 Å². The summed E-state index contributed by atoms with van der Waals surface area (Å²) in [6, 6.07) is 0. The van der Waals surface area contributed by atoms with Gasteiger partial charge in [0.1, 0.15) is 0 Å². The SMILES string of the molecule is O.O[Si](O)(O)O.O[Si](O)(O)O.[H-].[Li+]. The van der Waals surface area contributed by atoms with Crippen LogP contribution in [0, 0.1) is 0 Å². The third-order valence-corrected chi connectivity index (χ3v) is 0. The fourth-order valence-electron chi connectivity index (χ4n) is 0. The maximum atomic E-state index is 7.33. The predicted octanol–water partition coefficient (Wildman–Crippen LogP) is -8.93. The Labute approximate surface area is 82.7 Å². The van der Waals surface area contributed by atoms with Crippen molar-refractivity contribution in [2.75, 3.05) is 0 Å². The first-order valence-corrected chi connectivity index (χ1v) is 5.37. The van der Waals surface area contributed by atoms with E-state index in [1.165, 1.54) is 0 Å². The van der Waals surface area contributed by atoms with Crippen molar-refractivity contribution < 1.29 is 64.1 Å². The van der Waals surface area contributed by atoms with Gasteiger partial charge in [0.05, 0.1) is 0 Å². The first-order chi connectivity index (χ1) is 4.00. The van der Waals surface area contributed by atoms with Crippen molar-refractivity contribution in [1.29, 1.82) is 0 Å². The molecular formula is H11LiO9Si2. The van der Waals surface area contributed by atoms with Crippen LogP contribution < -0.4 is 18.9 Å². The zero-order valence-electron chi connectivity index (χ0n) is 7.08. The van der Waals surface area contributed by atoms with Crippen LogP contribution in [0.5, 0.6) is 0 Å². The van der Waals surface area contributed by atoms with Gasteiger partial charge in [0.15, 0.2) is 0 Å². The summed E-state index contributed by atoms with van der Waals surface area (Å²) in [5, 5.41) is 0. The van der Waals surface area contributed by atoms with Crippen LogP contribution in [0.1, 0.15) is 1.43 Å². The molecule has 0 amide bonds. The van der Waals surface area contributed by atoms with Crippen LogP contribution in [-0.2, 0) is 0 Å². The van der Waals surface area contributed by atoms with Crippen LogP contribution in [0.3, 0.4) is 0 Å². The van der Waals surface area contributed by atoms with Crippen LogP contribution in [-0.4, -0.2) is 61.9 Å². The van der Waals surface area contributed by atoms with E-state index in [9.17, 15) is 0 Å². The van der Waals surface area contributed by atoms with Crippen LogP contribution >= 0.6 is 0 Å². The molecule has 0 atom stereocenters. The summed E-state index contributed by atoms with van der Waals surface area (Å²) >= 11 is 0. The second-order valence-corrected chi connectivity index (χ2v) is 3.60. The van der Waals surface area contributed by atoms with E-state index in [1.54, 1.807) is 0 Å². The van der Waals surface area contributed by atoms with Crippen LogP contribution in [0.25, 0.3) is 0 Å². The zero-order chi connectivity index (χ0) is 9.00. The van der Waals surface area contributed by atoms with Crippen LogP contribution in [0.15, 0.2) is 0 Å². The summed E-state index contributed by atoms with van der Waals surface area (Å²) in [6.07, 6.45) is 0. The molecule has 0 fully saturated rings. The fraction of sp³-hybridized carbons (Fsp3) is 0. The van der Waals surface area contributed by atoms with Crippen molar-refractivity contribution in [2.24, 2.45) is 0 Å². The molecule has 0 unspecified atom stereocenters. The predicted molar refractivity (Wildman–Crippen MR) is 34.0 cm³/mol. The molecule has 0 bridgehead atoms. The molecule has 74 valence electrons. The van der Waals surface area contributed by atoms with E-state index < -0.39 is 18.1 Å². The first kappa shape index (κ1) is 23.0. The van der Waals surface area contributed by atoms with Gasteiger partial charge in [-0.25, -0.2) is 0 Å². The molecule has 12 heavy (non-hydrogen) atoms. The van der Waals surface area contributed by atoms with E-state index in [0.29, 0.717) is 0 Å². The molecule has 0 rings (SSSR count). The molecule has 0 radical (unpaired) electrons. The van der Waals surface area contributed by atoms with Crippen molar-refractivity contribution in [3.8, 4) is 0 Å². The summed E-state index contributed by atoms with van der Waals surface area (Å²) in [5.74, 6) is 0. The standard InChI is InChI=1S/Li.2H4O4Si.H2O.H/c;2*1-5(2,3)4;;/h;2*1-4H;1H2;/q+1;;;;-1. The van der Waals surface area contributed by atoms with Gasteiger partial charge in [0.2, 0.25) is 0 Å². The molecule has 0 aliphatic rings. The third kappa shape index (κ3) is 2220. The average molecular weight is 218 g/mol. The number of hydrogen-bond acceptors (Lipinski definition) is 8. The van der Waals surface area contributed by atoms with E-state index in [-0.39, 0.29) is 25.8 Å². The van der Waals surface area contributed by atoms with Gasteiger partial charge >= 0.3 is 37.0 Å². The third-order valence-electron chi connectivity index (χ3n) is 0. The molecule has 0 heterocycles. The van der Waals surface area contributed by atoms with Gasteiger partial charge in [-0.15, -0.1) is 0 Å². The van der Waals surface area contributed by atoms with E-state index in [4.69, 9.17) is 38.4 Å². The minimum Gasteiger partial charge on any atom is -1.00 e. The number of hydrogen-bond donors (Lipinski definition) is 8. The Balaban J connectivity index is -0.0000000267. The molecule has 0 saturated heterocycles. The van der Waals surface area contributed by atoms with Crippen LogP contribution in [0.4, 0.5) is 0 Å². The van der Waals surface area contributed by atoms with Crippen molar-refractivity contribution in [3.05, 3.63) is 0 Å². The molecule has 10 N–H and O–H groups in total. The van der Waals surface area contributed by atoms with E-state index in [1.807, 2.05) is 0 Å². The van der Waals surface area contributed by atoms with E-state index in [0.717, 1.165) is 0 Å². The Bertz CT molecular complexity index is 60.6. The topological polar surface area (TPSA) is 193 Å². The van der Waals surface area contributed by atoms with Gasteiger partial charge < -0.3 is 45.3 Å². The quantitative estimate of drug-likeness (QED) is 0.183. The summed E-state index contributed by atoms with van der Waals surface area (Å²) in [6.45, 7) is 0. The Kier molecular flexibility index (Phi) is 15.8. The molecule has 0 aliphatic carbocycles. The summed E-state index contributed by atoms with van der Waals surface area (Å²) in [5.41, 5.74) is 0. The van der Waals surface area contributed by atoms with Gasteiger partial charge in [-0.3, -0.25) is 0 Å². The largest absolute Gasteiger partial charge is 1.00 e. The first-order valence-electron chi connectivity index (χ1n) is 1.79. The van der Waals surface area contributed by atoms with Gasteiger partial charge in [-0.2, -0.15) is 0 Å². The molecular weight excluding hydrogens is 207 g/mol. The minimum absolute atomic E-state index is 0. The monoisotopic (exact) mass is 218 g/mol. The number of rotatable bonds is 0. The molecule has 0 aromatic carbocycles. The second-order valence-electron chi connectivity index (χ2n) is 1.20. The summed E-state index contributed by atoms with van der Waals surface area (Å²) in [7, 11) is -9.22. The van der Waals surface area contributed by atoms with Crippen LogP contribution in [0.2, 0.25) is 0 Å².